The van der Waals surface area contributed by atoms with E-state index in [1.807, 2.05) is 27.7 Å². The minimum absolute atomic E-state index is 0.0483. The SMILES string of the molecule is CCc1nn(CC(C)C(=O)NC(C)C)cc1N. The zero-order valence-electron chi connectivity index (χ0n) is 11.0. The van der Waals surface area contributed by atoms with Crippen LogP contribution in [0.4, 0.5) is 5.69 Å². The molecular weight excluding hydrogens is 216 g/mol. The Balaban J connectivity index is 2.61. The molecule has 1 unspecified atom stereocenters. The molecule has 96 valence electrons. The average Bonchev–Trinajstić information content (AvgIpc) is 2.57. The van der Waals surface area contributed by atoms with Crippen molar-refractivity contribution in [1.29, 1.82) is 0 Å². The Morgan fingerprint density at radius 1 is 1.53 bits per heavy atom. The van der Waals surface area contributed by atoms with E-state index in [0.29, 0.717) is 12.2 Å². The third-order valence-electron chi connectivity index (χ3n) is 2.54. The summed E-state index contributed by atoms with van der Waals surface area (Å²) in [4.78, 5) is 11.7. The van der Waals surface area contributed by atoms with Crippen molar-refractivity contribution in [2.24, 2.45) is 5.92 Å². The second kappa shape index (κ2) is 5.70. The summed E-state index contributed by atoms with van der Waals surface area (Å²) in [6, 6.07) is 0.166. The van der Waals surface area contributed by atoms with E-state index in [1.165, 1.54) is 0 Å². The molecule has 3 N–H and O–H groups in total. The van der Waals surface area contributed by atoms with Gasteiger partial charge in [-0.1, -0.05) is 13.8 Å². The number of nitrogens with zero attached hydrogens (tertiary/aromatic N) is 2. The van der Waals surface area contributed by atoms with Crippen molar-refractivity contribution in [2.45, 2.75) is 46.7 Å². The molecule has 0 aliphatic rings. The summed E-state index contributed by atoms with van der Waals surface area (Å²) in [6.45, 7) is 8.36. The van der Waals surface area contributed by atoms with Crippen molar-refractivity contribution < 1.29 is 4.79 Å². The highest BCUT2D eigenvalue weighted by Crippen LogP contribution is 2.11. The number of nitrogen functional groups attached to an aromatic ring is 1. The Morgan fingerprint density at radius 3 is 2.65 bits per heavy atom. The summed E-state index contributed by atoms with van der Waals surface area (Å²) in [5.41, 5.74) is 7.39. The molecular formula is C12H22N4O. The molecule has 0 aliphatic heterocycles. The molecule has 0 radical (unpaired) electrons. The zero-order valence-corrected chi connectivity index (χ0v) is 11.0. The first-order valence-corrected chi connectivity index (χ1v) is 6.06. The largest absolute Gasteiger partial charge is 0.396 e. The number of hydrogen-bond donors (Lipinski definition) is 2. The van der Waals surface area contributed by atoms with Gasteiger partial charge in [0.25, 0.3) is 0 Å². The highest BCUT2D eigenvalue weighted by Gasteiger charge is 2.15. The second-order valence-corrected chi connectivity index (χ2v) is 4.67. The van der Waals surface area contributed by atoms with Gasteiger partial charge in [0, 0.05) is 12.2 Å². The van der Waals surface area contributed by atoms with Gasteiger partial charge in [-0.25, -0.2) is 0 Å². The van der Waals surface area contributed by atoms with Gasteiger partial charge in [-0.2, -0.15) is 5.10 Å². The van der Waals surface area contributed by atoms with Gasteiger partial charge in [0.05, 0.1) is 23.8 Å². The van der Waals surface area contributed by atoms with Crippen LogP contribution < -0.4 is 11.1 Å². The maximum Gasteiger partial charge on any atom is 0.224 e. The van der Waals surface area contributed by atoms with E-state index in [-0.39, 0.29) is 17.9 Å². The Bertz CT molecular complexity index is 384. The second-order valence-electron chi connectivity index (χ2n) is 4.67. The van der Waals surface area contributed by atoms with Crippen LogP contribution in [0.5, 0.6) is 0 Å². The number of aromatic nitrogens is 2. The van der Waals surface area contributed by atoms with Crippen molar-refractivity contribution in [3.8, 4) is 0 Å². The lowest BCUT2D eigenvalue weighted by Gasteiger charge is -2.14. The lowest BCUT2D eigenvalue weighted by atomic mass is 10.1. The molecule has 17 heavy (non-hydrogen) atoms. The molecule has 1 aromatic rings. The molecule has 0 aromatic carbocycles. The number of carbonyl (C=O) groups is 1. The van der Waals surface area contributed by atoms with Gasteiger partial charge < -0.3 is 11.1 Å². The fourth-order valence-electron chi connectivity index (χ4n) is 1.64. The molecule has 5 nitrogen and oxygen atoms in total. The molecule has 1 rings (SSSR count). The van der Waals surface area contributed by atoms with Crippen molar-refractivity contribution >= 4 is 11.6 Å². The lowest BCUT2D eigenvalue weighted by molar-refractivity contribution is -0.125. The molecule has 1 atom stereocenters. The van der Waals surface area contributed by atoms with Gasteiger partial charge in [-0.05, 0) is 20.3 Å². The fraction of sp³-hybridized carbons (Fsp3) is 0.667. The minimum Gasteiger partial charge on any atom is -0.396 e. The van der Waals surface area contributed by atoms with E-state index in [2.05, 4.69) is 10.4 Å². The van der Waals surface area contributed by atoms with Crippen LogP contribution in [0, 0.1) is 5.92 Å². The number of aryl methyl sites for hydroxylation is 1. The van der Waals surface area contributed by atoms with Crippen LogP contribution in [0.25, 0.3) is 0 Å². The molecule has 1 aromatic heterocycles. The number of nitrogens with one attached hydrogen (secondary N) is 1. The number of hydrogen-bond acceptors (Lipinski definition) is 3. The Hall–Kier alpha value is -1.52. The van der Waals surface area contributed by atoms with Crippen LogP contribution in [0.15, 0.2) is 6.20 Å². The standard InChI is InChI=1S/C12H22N4O/c1-5-11-10(13)7-16(15-11)6-9(4)12(17)14-8(2)3/h7-9H,5-6,13H2,1-4H3,(H,14,17). The molecule has 0 bridgehead atoms. The summed E-state index contributed by atoms with van der Waals surface area (Å²) in [5, 5.41) is 7.23. The third-order valence-corrected chi connectivity index (χ3v) is 2.54. The van der Waals surface area contributed by atoms with Crippen LogP contribution in [0.2, 0.25) is 0 Å². The van der Waals surface area contributed by atoms with Crippen molar-refractivity contribution in [1.82, 2.24) is 15.1 Å². The third kappa shape index (κ3) is 3.76. The molecule has 5 heteroatoms. The normalized spacial score (nSPS) is 12.8. The molecule has 1 heterocycles. The van der Waals surface area contributed by atoms with Gasteiger partial charge in [-0.3, -0.25) is 9.48 Å². The van der Waals surface area contributed by atoms with Crippen LogP contribution in [0.1, 0.15) is 33.4 Å². The van der Waals surface area contributed by atoms with Gasteiger partial charge >= 0.3 is 0 Å². The van der Waals surface area contributed by atoms with E-state index in [9.17, 15) is 4.79 Å². The monoisotopic (exact) mass is 238 g/mol. The van der Waals surface area contributed by atoms with E-state index in [0.717, 1.165) is 12.1 Å². The number of anilines is 1. The van der Waals surface area contributed by atoms with Crippen molar-refractivity contribution in [3.05, 3.63) is 11.9 Å². The summed E-state index contributed by atoms with van der Waals surface area (Å²) in [7, 11) is 0. The van der Waals surface area contributed by atoms with Gasteiger partial charge in [-0.15, -0.1) is 0 Å². The van der Waals surface area contributed by atoms with Crippen LogP contribution in [-0.4, -0.2) is 21.7 Å². The fourth-order valence-corrected chi connectivity index (χ4v) is 1.64. The van der Waals surface area contributed by atoms with Crippen LogP contribution in [0.3, 0.4) is 0 Å². The summed E-state index contributed by atoms with van der Waals surface area (Å²) in [6.07, 6.45) is 2.60. The average molecular weight is 238 g/mol. The van der Waals surface area contributed by atoms with Crippen molar-refractivity contribution in [3.63, 3.8) is 0 Å². The maximum atomic E-state index is 11.7. The van der Waals surface area contributed by atoms with Crippen molar-refractivity contribution in [2.75, 3.05) is 5.73 Å². The highest BCUT2D eigenvalue weighted by atomic mass is 16.1. The molecule has 0 saturated carbocycles. The Labute approximate surface area is 102 Å². The molecule has 0 aliphatic carbocycles. The Kier molecular flexibility index (Phi) is 4.54. The summed E-state index contributed by atoms with van der Waals surface area (Å²) >= 11 is 0. The topological polar surface area (TPSA) is 72.9 Å². The first kappa shape index (κ1) is 13.5. The smallest absolute Gasteiger partial charge is 0.224 e. The highest BCUT2D eigenvalue weighted by molar-refractivity contribution is 5.78. The Morgan fingerprint density at radius 2 is 2.18 bits per heavy atom. The summed E-state index contributed by atoms with van der Waals surface area (Å²) < 4.78 is 1.75. The first-order chi connectivity index (χ1) is 7.93. The molecule has 1 amide bonds. The van der Waals surface area contributed by atoms with Crippen LogP contribution in [-0.2, 0) is 17.8 Å². The van der Waals surface area contributed by atoms with Gasteiger partial charge in [0.15, 0.2) is 0 Å². The quantitative estimate of drug-likeness (QED) is 0.809. The maximum absolute atomic E-state index is 11.7. The van der Waals surface area contributed by atoms with E-state index >= 15 is 0 Å². The van der Waals surface area contributed by atoms with E-state index in [1.54, 1.807) is 10.9 Å². The summed E-state index contributed by atoms with van der Waals surface area (Å²) in [5.74, 6) is -0.0615. The molecule has 0 spiro atoms. The predicted molar refractivity (Wildman–Crippen MR) is 68.5 cm³/mol. The number of rotatable bonds is 5. The van der Waals surface area contributed by atoms with E-state index in [4.69, 9.17) is 5.73 Å². The van der Waals surface area contributed by atoms with Gasteiger partial charge in [0.2, 0.25) is 5.91 Å². The minimum atomic E-state index is -0.110. The van der Waals surface area contributed by atoms with E-state index < -0.39 is 0 Å². The zero-order chi connectivity index (χ0) is 13.0. The number of carbonyl (C=O) groups excluding carboxylic acids is 1. The van der Waals surface area contributed by atoms with Crippen LogP contribution >= 0.6 is 0 Å². The molecule has 0 saturated heterocycles. The lowest BCUT2D eigenvalue weighted by Crippen LogP contribution is -2.36. The number of amides is 1. The predicted octanol–water partition coefficient (Wildman–Crippen LogP) is 1.19. The number of nitrogens with two attached hydrogens (primary N) is 1. The molecule has 0 fully saturated rings. The van der Waals surface area contributed by atoms with Gasteiger partial charge in [0.1, 0.15) is 0 Å². The first-order valence-electron chi connectivity index (χ1n) is 6.06.